The lowest BCUT2D eigenvalue weighted by molar-refractivity contribution is 0.283. The first-order valence-electron chi connectivity index (χ1n) is 6.95. The number of ether oxygens (including phenoxy) is 2. The van der Waals surface area contributed by atoms with Crippen LogP contribution in [-0.2, 0) is 6.61 Å². The van der Waals surface area contributed by atoms with E-state index in [9.17, 15) is 0 Å². The van der Waals surface area contributed by atoms with Gasteiger partial charge in [-0.1, -0.05) is 36.4 Å². The zero-order valence-electron chi connectivity index (χ0n) is 11.6. The van der Waals surface area contributed by atoms with E-state index in [1.165, 1.54) is 12.0 Å². The van der Waals surface area contributed by atoms with Crippen LogP contribution in [0.4, 0.5) is 0 Å². The van der Waals surface area contributed by atoms with Gasteiger partial charge in [-0.15, -0.1) is 0 Å². The zero-order chi connectivity index (χ0) is 13.8. The largest absolute Gasteiger partial charge is 0.493 e. The molecule has 2 aromatic rings. The highest BCUT2D eigenvalue weighted by Gasteiger charge is 2.19. The molecule has 0 radical (unpaired) electrons. The van der Waals surface area contributed by atoms with Crippen LogP contribution in [0.15, 0.2) is 48.5 Å². The Morgan fingerprint density at radius 3 is 2.55 bits per heavy atom. The van der Waals surface area contributed by atoms with Gasteiger partial charge < -0.3 is 14.8 Å². The zero-order valence-corrected chi connectivity index (χ0v) is 11.6. The quantitative estimate of drug-likeness (QED) is 0.903. The van der Waals surface area contributed by atoms with Crippen molar-refractivity contribution in [3.8, 4) is 11.5 Å². The van der Waals surface area contributed by atoms with Crippen molar-refractivity contribution >= 4 is 0 Å². The Labute approximate surface area is 119 Å². The van der Waals surface area contributed by atoms with E-state index in [1.54, 1.807) is 7.11 Å². The maximum absolute atomic E-state index is 5.92. The molecule has 1 N–H and O–H groups in total. The third kappa shape index (κ3) is 2.78. The summed E-state index contributed by atoms with van der Waals surface area (Å²) in [4.78, 5) is 0. The predicted molar refractivity (Wildman–Crippen MR) is 79.1 cm³/mol. The van der Waals surface area contributed by atoms with Crippen molar-refractivity contribution in [2.75, 3.05) is 13.7 Å². The van der Waals surface area contributed by atoms with Gasteiger partial charge in [-0.3, -0.25) is 0 Å². The number of hydrogen-bond acceptors (Lipinski definition) is 3. The highest BCUT2D eigenvalue weighted by Crippen LogP contribution is 2.33. The smallest absolute Gasteiger partial charge is 0.161 e. The fourth-order valence-corrected chi connectivity index (χ4v) is 2.33. The van der Waals surface area contributed by atoms with E-state index < -0.39 is 0 Å². The van der Waals surface area contributed by atoms with Crippen LogP contribution in [0.3, 0.4) is 0 Å². The Morgan fingerprint density at radius 1 is 1.10 bits per heavy atom. The number of nitrogens with one attached hydrogen (secondary N) is 1. The first-order chi connectivity index (χ1) is 9.86. The molecular formula is C17H19NO2. The van der Waals surface area contributed by atoms with Gasteiger partial charge in [0.1, 0.15) is 6.61 Å². The van der Waals surface area contributed by atoms with Crippen molar-refractivity contribution in [2.45, 2.75) is 19.1 Å². The topological polar surface area (TPSA) is 30.5 Å². The van der Waals surface area contributed by atoms with E-state index in [0.29, 0.717) is 12.6 Å². The average Bonchev–Trinajstić information content (AvgIpc) is 2.45. The van der Waals surface area contributed by atoms with Crippen LogP contribution in [0.1, 0.15) is 23.6 Å². The van der Waals surface area contributed by atoms with E-state index in [4.69, 9.17) is 9.47 Å². The van der Waals surface area contributed by atoms with Crippen molar-refractivity contribution in [3.05, 3.63) is 59.7 Å². The van der Waals surface area contributed by atoms with Gasteiger partial charge in [0.2, 0.25) is 0 Å². The molecule has 0 aromatic heterocycles. The van der Waals surface area contributed by atoms with Crippen molar-refractivity contribution < 1.29 is 9.47 Å². The third-order valence-corrected chi connectivity index (χ3v) is 3.65. The number of hydrogen-bond donors (Lipinski definition) is 1. The molecule has 20 heavy (non-hydrogen) atoms. The third-order valence-electron chi connectivity index (χ3n) is 3.65. The number of rotatable bonds is 5. The summed E-state index contributed by atoms with van der Waals surface area (Å²) in [6.45, 7) is 1.65. The van der Waals surface area contributed by atoms with Gasteiger partial charge in [0.15, 0.2) is 11.5 Å². The van der Waals surface area contributed by atoms with Crippen LogP contribution in [0.2, 0.25) is 0 Å². The van der Waals surface area contributed by atoms with E-state index >= 15 is 0 Å². The molecule has 1 atom stereocenters. The Hall–Kier alpha value is -2.00. The predicted octanol–water partition coefficient (Wildman–Crippen LogP) is 3.31. The minimum Gasteiger partial charge on any atom is -0.493 e. The molecule has 104 valence electrons. The number of methoxy groups -OCH3 is 1. The van der Waals surface area contributed by atoms with Gasteiger partial charge in [-0.05, 0) is 36.2 Å². The van der Waals surface area contributed by atoms with E-state index in [1.807, 2.05) is 24.3 Å². The van der Waals surface area contributed by atoms with Gasteiger partial charge in [0, 0.05) is 6.04 Å². The van der Waals surface area contributed by atoms with E-state index in [-0.39, 0.29) is 0 Å². The Kier molecular flexibility index (Phi) is 3.88. The van der Waals surface area contributed by atoms with E-state index in [0.717, 1.165) is 23.6 Å². The van der Waals surface area contributed by atoms with Crippen LogP contribution in [0.5, 0.6) is 11.5 Å². The molecule has 0 saturated carbocycles. The highest BCUT2D eigenvalue weighted by atomic mass is 16.5. The second-order valence-electron chi connectivity index (χ2n) is 4.98. The lowest BCUT2D eigenvalue weighted by Gasteiger charge is -2.28. The second kappa shape index (κ2) is 5.97. The maximum atomic E-state index is 5.92. The molecule has 3 heteroatoms. The lowest BCUT2D eigenvalue weighted by atomic mass is 9.98. The molecule has 3 rings (SSSR count). The summed E-state index contributed by atoms with van der Waals surface area (Å²) in [6.07, 6.45) is 1.18. The van der Waals surface area contributed by atoms with Crippen LogP contribution >= 0.6 is 0 Å². The van der Waals surface area contributed by atoms with Gasteiger partial charge in [0.05, 0.1) is 7.11 Å². The van der Waals surface area contributed by atoms with Gasteiger partial charge in [-0.25, -0.2) is 0 Å². The molecule has 3 nitrogen and oxygen atoms in total. The van der Waals surface area contributed by atoms with Crippen LogP contribution in [0, 0.1) is 0 Å². The van der Waals surface area contributed by atoms with Crippen molar-refractivity contribution in [1.29, 1.82) is 0 Å². The lowest BCUT2D eigenvalue weighted by Crippen LogP contribution is -2.34. The first kappa shape index (κ1) is 13.0. The van der Waals surface area contributed by atoms with Crippen molar-refractivity contribution in [2.24, 2.45) is 0 Å². The van der Waals surface area contributed by atoms with Crippen LogP contribution in [0.25, 0.3) is 0 Å². The molecule has 1 aliphatic rings. The minimum absolute atomic E-state index is 0.458. The molecule has 0 unspecified atom stereocenters. The van der Waals surface area contributed by atoms with E-state index in [2.05, 4.69) is 29.6 Å². The standard InChI is InChI=1S/C17H19NO2/c1-19-16-8-7-14(15-9-10-18-15)11-17(16)20-12-13-5-3-2-4-6-13/h2-8,11,15,18H,9-10,12H2,1H3/t15-/m1/s1. The summed E-state index contributed by atoms with van der Waals surface area (Å²) in [5.41, 5.74) is 2.42. The van der Waals surface area contributed by atoms with Gasteiger partial charge >= 0.3 is 0 Å². The van der Waals surface area contributed by atoms with Crippen molar-refractivity contribution in [1.82, 2.24) is 5.32 Å². The Bertz CT molecular complexity index is 564. The van der Waals surface area contributed by atoms with Gasteiger partial charge in [0.25, 0.3) is 0 Å². The molecular weight excluding hydrogens is 250 g/mol. The summed E-state index contributed by atoms with van der Waals surface area (Å²) in [5, 5.41) is 3.40. The molecule has 2 aromatic carbocycles. The monoisotopic (exact) mass is 269 g/mol. The Morgan fingerprint density at radius 2 is 1.90 bits per heavy atom. The van der Waals surface area contributed by atoms with Crippen LogP contribution < -0.4 is 14.8 Å². The molecule has 0 amide bonds. The normalized spacial score (nSPS) is 17.4. The number of benzene rings is 2. The van der Waals surface area contributed by atoms with Crippen molar-refractivity contribution in [3.63, 3.8) is 0 Å². The second-order valence-corrected chi connectivity index (χ2v) is 4.98. The molecule has 1 fully saturated rings. The molecule has 1 saturated heterocycles. The van der Waals surface area contributed by atoms with Crippen LogP contribution in [-0.4, -0.2) is 13.7 Å². The highest BCUT2D eigenvalue weighted by molar-refractivity contribution is 5.44. The summed E-state index contributed by atoms with van der Waals surface area (Å²) in [7, 11) is 1.67. The maximum Gasteiger partial charge on any atom is 0.161 e. The molecule has 0 spiro atoms. The summed E-state index contributed by atoms with van der Waals surface area (Å²) < 4.78 is 11.3. The first-order valence-corrected chi connectivity index (χ1v) is 6.95. The SMILES string of the molecule is COc1ccc([C@H]2CCN2)cc1OCc1ccccc1. The van der Waals surface area contributed by atoms with Gasteiger partial charge in [-0.2, -0.15) is 0 Å². The summed E-state index contributed by atoms with van der Waals surface area (Å²) in [6, 6.07) is 16.8. The average molecular weight is 269 g/mol. The summed E-state index contributed by atoms with van der Waals surface area (Å²) >= 11 is 0. The Balaban J connectivity index is 1.76. The fourth-order valence-electron chi connectivity index (χ4n) is 2.33. The minimum atomic E-state index is 0.458. The molecule has 0 bridgehead atoms. The fraction of sp³-hybridized carbons (Fsp3) is 0.294. The molecule has 0 aliphatic carbocycles. The molecule has 1 heterocycles. The summed E-state index contributed by atoms with van der Waals surface area (Å²) in [5.74, 6) is 1.59. The molecule has 1 aliphatic heterocycles.